The molecule has 0 aliphatic rings. The molecular formula is C10H8F2N2O. The Kier molecular flexibility index (Phi) is 2.15. The molecule has 0 saturated carbocycles. The second kappa shape index (κ2) is 3.34. The Balaban J connectivity index is 2.59. The smallest absolute Gasteiger partial charge is 0.271 e. The maximum Gasteiger partial charge on any atom is 0.271 e. The van der Waals surface area contributed by atoms with Gasteiger partial charge in [-0.15, -0.1) is 0 Å². The molecule has 2 aromatic rings. The van der Waals surface area contributed by atoms with Gasteiger partial charge < -0.3 is 0 Å². The van der Waals surface area contributed by atoms with E-state index in [1.807, 2.05) is 0 Å². The summed E-state index contributed by atoms with van der Waals surface area (Å²) in [5, 5.41) is 2.72. The first kappa shape index (κ1) is 9.64. The fourth-order valence-corrected chi connectivity index (χ4v) is 1.33. The number of benzene rings is 1. The van der Waals surface area contributed by atoms with Gasteiger partial charge >= 0.3 is 0 Å². The molecule has 0 bridgehead atoms. The van der Waals surface area contributed by atoms with Crippen LogP contribution in [0.25, 0.3) is 5.69 Å². The molecule has 5 heteroatoms. The molecule has 0 fully saturated rings. The van der Waals surface area contributed by atoms with Crippen LogP contribution in [0.3, 0.4) is 0 Å². The Morgan fingerprint density at radius 2 is 1.93 bits per heavy atom. The first-order valence-corrected chi connectivity index (χ1v) is 4.32. The van der Waals surface area contributed by atoms with Crippen molar-refractivity contribution in [1.82, 2.24) is 9.78 Å². The normalized spacial score (nSPS) is 10.6. The lowest BCUT2D eigenvalue weighted by molar-refractivity contribution is 0.507. The Hall–Kier alpha value is -1.91. The lowest BCUT2D eigenvalue weighted by Crippen LogP contribution is -2.13. The van der Waals surface area contributed by atoms with E-state index < -0.39 is 11.6 Å². The van der Waals surface area contributed by atoms with Gasteiger partial charge in [0, 0.05) is 17.8 Å². The van der Waals surface area contributed by atoms with Gasteiger partial charge in [-0.05, 0) is 19.1 Å². The second-order valence-corrected chi connectivity index (χ2v) is 3.21. The van der Waals surface area contributed by atoms with Crippen molar-refractivity contribution in [3.8, 4) is 5.69 Å². The van der Waals surface area contributed by atoms with E-state index in [1.165, 1.54) is 12.1 Å². The summed E-state index contributed by atoms with van der Waals surface area (Å²) in [7, 11) is 0. The van der Waals surface area contributed by atoms with Crippen LogP contribution in [0.5, 0.6) is 0 Å². The van der Waals surface area contributed by atoms with Crippen LogP contribution in [0.4, 0.5) is 8.78 Å². The van der Waals surface area contributed by atoms with Crippen LogP contribution in [0.15, 0.2) is 29.1 Å². The summed E-state index contributed by atoms with van der Waals surface area (Å²) in [6.07, 6.45) is 0. The largest absolute Gasteiger partial charge is 0.295 e. The van der Waals surface area contributed by atoms with E-state index in [4.69, 9.17) is 0 Å². The summed E-state index contributed by atoms with van der Waals surface area (Å²) in [6, 6.07) is 4.65. The minimum absolute atomic E-state index is 0.270. The standard InChI is InChI=1S/C10H8F2N2O/c1-6-4-10(15)14(13-6)7-2-3-8(11)9(12)5-7/h2-5,13H,1H3. The van der Waals surface area contributed by atoms with Crippen molar-refractivity contribution in [2.45, 2.75) is 6.92 Å². The van der Waals surface area contributed by atoms with Gasteiger partial charge in [0.1, 0.15) is 0 Å². The van der Waals surface area contributed by atoms with Crippen LogP contribution in [0.1, 0.15) is 5.69 Å². The number of aromatic nitrogens is 2. The number of aryl methyl sites for hydroxylation is 1. The van der Waals surface area contributed by atoms with Gasteiger partial charge in [0.25, 0.3) is 5.56 Å². The van der Waals surface area contributed by atoms with E-state index in [0.29, 0.717) is 5.69 Å². The van der Waals surface area contributed by atoms with Gasteiger partial charge in [-0.25, -0.2) is 13.5 Å². The average molecular weight is 210 g/mol. The molecular weight excluding hydrogens is 202 g/mol. The minimum atomic E-state index is -0.980. The van der Waals surface area contributed by atoms with E-state index in [2.05, 4.69) is 5.10 Å². The fourth-order valence-electron chi connectivity index (χ4n) is 1.33. The maximum absolute atomic E-state index is 12.9. The van der Waals surface area contributed by atoms with Gasteiger partial charge in [-0.3, -0.25) is 9.89 Å². The molecule has 1 heterocycles. The molecule has 3 nitrogen and oxygen atoms in total. The summed E-state index contributed by atoms with van der Waals surface area (Å²) in [5.41, 5.74) is 0.621. The van der Waals surface area contributed by atoms with Gasteiger partial charge in [0.2, 0.25) is 0 Å². The quantitative estimate of drug-likeness (QED) is 0.765. The summed E-state index contributed by atoms with van der Waals surface area (Å²) < 4.78 is 26.7. The number of aromatic amines is 1. The molecule has 78 valence electrons. The predicted molar refractivity (Wildman–Crippen MR) is 51.0 cm³/mol. The molecule has 0 aliphatic heterocycles. The number of H-pyrrole nitrogens is 1. The zero-order valence-electron chi connectivity index (χ0n) is 7.92. The molecule has 0 amide bonds. The Morgan fingerprint density at radius 1 is 1.20 bits per heavy atom. The molecule has 0 saturated heterocycles. The van der Waals surface area contributed by atoms with E-state index >= 15 is 0 Å². The van der Waals surface area contributed by atoms with Crippen LogP contribution >= 0.6 is 0 Å². The van der Waals surface area contributed by atoms with E-state index in [0.717, 1.165) is 16.8 Å². The number of nitrogens with zero attached hydrogens (tertiary/aromatic N) is 1. The monoisotopic (exact) mass is 210 g/mol. The lowest BCUT2D eigenvalue weighted by atomic mass is 10.3. The second-order valence-electron chi connectivity index (χ2n) is 3.21. The van der Waals surface area contributed by atoms with Crippen LogP contribution < -0.4 is 5.56 Å². The highest BCUT2D eigenvalue weighted by Crippen LogP contribution is 2.10. The lowest BCUT2D eigenvalue weighted by Gasteiger charge is -2.01. The highest BCUT2D eigenvalue weighted by Gasteiger charge is 2.06. The minimum Gasteiger partial charge on any atom is -0.295 e. The zero-order chi connectivity index (χ0) is 11.0. The first-order valence-electron chi connectivity index (χ1n) is 4.32. The molecule has 15 heavy (non-hydrogen) atoms. The van der Waals surface area contributed by atoms with Crippen molar-refractivity contribution < 1.29 is 8.78 Å². The van der Waals surface area contributed by atoms with Crippen LogP contribution in [-0.2, 0) is 0 Å². The zero-order valence-corrected chi connectivity index (χ0v) is 7.92. The van der Waals surface area contributed by atoms with Crippen molar-refractivity contribution in [3.05, 3.63) is 51.9 Å². The number of rotatable bonds is 1. The third kappa shape index (κ3) is 1.68. The van der Waals surface area contributed by atoms with Gasteiger partial charge in [-0.1, -0.05) is 0 Å². The maximum atomic E-state index is 12.9. The van der Waals surface area contributed by atoms with Crippen molar-refractivity contribution in [3.63, 3.8) is 0 Å². The Labute approximate surface area is 84.0 Å². The van der Waals surface area contributed by atoms with Gasteiger partial charge in [0.05, 0.1) is 5.69 Å². The van der Waals surface area contributed by atoms with E-state index in [9.17, 15) is 13.6 Å². The molecule has 1 aromatic heterocycles. The molecule has 0 atom stereocenters. The molecule has 0 unspecified atom stereocenters. The highest BCUT2D eigenvalue weighted by molar-refractivity contribution is 5.31. The topological polar surface area (TPSA) is 37.8 Å². The van der Waals surface area contributed by atoms with Gasteiger partial charge in [0.15, 0.2) is 11.6 Å². The fraction of sp³-hybridized carbons (Fsp3) is 0.100. The average Bonchev–Trinajstić information content (AvgIpc) is 2.50. The Morgan fingerprint density at radius 3 is 2.47 bits per heavy atom. The third-order valence-electron chi connectivity index (χ3n) is 2.01. The molecule has 1 N–H and O–H groups in total. The molecule has 0 spiro atoms. The number of nitrogens with one attached hydrogen (secondary N) is 1. The van der Waals surface area contributed by atoms with Crippen molar-refractivity contribution in [2.75, 3.05) is 0 Å². The summed E-state index contributed by atoms with van der Waals surface area (Å²) in [6.45, 7) is 1.71. The van der Waals surface area contributed by atoms with Crippen molar-refractivity contribution in [1.29, 1.82) is 0 Å². The van der Waals surface area contributed by atoms with Crippen molar-refractivity contribution >= 4 is 0 Å². The number of hydrogen-bond donors (Lipinski definition) is 1. The first-order chi connectivity index (χ1) is 7.08. The molecule has 0 aliphatic carbocycles. The van der Waals surface area contributed by atoms with Crippen molar-refractivity contribution in [2.24, 2.45) is 0 Å². The van der Waals surface area contributed by atoms with Crippen LogP contribution in [-0.4, -0.2) is 9.78 Å². The molecule has 1 aromatic carbocycles. The predicted octanol–water partition coefficient (Wildman–Crippen LogP) is 1.75. The van der Waals surface area contributed by atoms with E-state index in [1.54, 1.807) is 6.92 Å². The molecule has 2 rings (SSSR count). The summed E-state index contributed by atoms with van der Waals surface area (Å²) >= 11 is 0. The third-order valence-corrected chi connectivity index (χ3v) is 2.01. The number of halogens is 2. The SMILES string of the molecule is Cc1cc(=O)n(-c2ccc(F)c(F)c2)[nH]1. The summed E-state index contributed by atoms with van der Waals surface area (Å²) in [4.78, 5) is 11.4. The Bertz CT molecular complexity index is 557. The van der Waals surface area contributed by atoms with Crippen LogP contribution in [0, 0.1) is 18.6 Å². The number of hydrogen-bond acceptors (Lipinski definition) is 1. The molecule has 0 radical (unpaired) electrons. The highest BCUT2D eigenvalue weighted by atomic mass is 19.2. The van der Waals surface area contributed by atoms with Gasteiger partial charge in [-0.2, -0.15) is 0 Å². The van der Waals surface area contributed by atoms with Crippen LogP contribution in [0.2, 0.25) is 0 Å². The van der Waals surface area contributed by atoms with E-state index in [-0.39, 0.29) is 11.2 Å². The summed E-state index contributed by atoms with van der Waals surface area (Å²) in [5.74, 6) is -1.92.